The second kappa shape index (κ2) is 8.70. The Hall–Kier alpha value is -1.45. The highest BCUT2D eigenvalue weighted by Gasteiger charge is 2.14. The summed E-state index contributed by atoms with van der Waals surface area (Å²) in [5.74, 6) is -0.476. The van der Waals surface area contributed by atoms with Crippen LogP contribution in [0.15, 0.2) is 40.7 Å². The standard InChI is InChI=1S/C17H12Cl2FN3OS3/c1-9-2-7-12(18)15(14(9)19)21-13(24)8-26-16-22-23(17(25)27-16)11-5-3-10(20)4-6-11/h2-7H,8H2,1H3,(H,21,24). The third-order valence-corrected chi connectivity index (χ3v) is 6.64. The minimum Gasteiger partial charge on any atom is -0.323 e. The van der Waals surface area contributed by atoms with Crippen LogP contribution in [0.2, 0.25) is 10.0 Å². The van der Waals surface area contributed by atoms with E-state index in [4.69, 9.17) is 35.4 Å². The lowest BCUT2D eigenvalue weighted by Crippen LogP contribution is -2.15. The Bertz CT molecular complexity index is 1050. The molecule has 1 aromatic heterocycles. The molecule has 0 radical (unpaired) electrons. The summed E-state index contributed by atoms with van der Waals surface area (Å²) in [6, 6.07) is 9.32. The predicted octanol–water partition coefficient (Wildman–Crippen LogP) is 6.15. The molecule has 2 aromatic carbocycles. The van der Waals surface area contributed by atoms with Gasteiger partial charge in [0.05, 0.1) is 27.2 Å². The van der Waals surface area contributed by atoms with Crippen LogP contribution >= 0.6 is 58.5 Å². The van der Waals surface area contributed by atoms with Gasteiger partial charge in [0.15, 0.2) is 8.29 Å². The number of anilines is 1. The van der Waals surface area contributed by atoms with Gasteiger partial charge in [-0.1, -0.05) is 52.4 Å². The van der Waals surface area contributed by atoms with Gasteiger partial charge >= 0.3 is 0 Å². The van der Waals surface area contributed by atoms with E-state index >= 15 is 0 Å². The number of thioether (sulfide) groups is 1. The maximum atomic E-state index is 13.1. The minimum atomic E-state index is -0.333. The quantitative estimate of drug-likeness (QED) is 0.367. The number of carbonyl (C=O) groups excluding carboxylic acids is 1. The summed E-state index contributed by atoms with van der Waals surface area (Å²) in [6.45, 7) is 1.83. The van der Waals surface area contributed by atoms with Gasteiger partial charge in [0.2, 0.25) is 5.91 Å². The van der Waals surface area contributed by atoms with Crippen LogP contribution < -0.4 is 5.32 Å². The molecule has 4 nitrogen and oxygen atoms in total. The number of nitrogens with one attached hydrogen (secondary N) is 1. The molecule has 0 spiro atoms. The van der Waals surface area contributed by atoms with Crippen molar-refractivity contribution in [2.75, 3.05) is 11.1 Å². The number of carbonyl (C=O) groups is 1. The molecule has 10 heteroatoms. The molecule has 1 heterocycles. The van der Waals surface area contributed by atoms with Crippen LogP contribution in [0.3, 0.4) is 0 Å². The number of rotatable bonds is 5. The molecule has 3 rings (SSSR count). The zero-order valence-corrected chi connectivity index (χ0v) is 17.8. The molecule has 0 fully saturated rings. The molecule has 0 aliphatic heterocycles. The van der Waals surface area contributed by atoms with E-state index in [1.54, 1.807) is 24.3 Å². The highest BCUT2D eigenvalue weighted by molar-refractivity contribution is 8.01. The first kappa shape index (κ1) is 20.3. The first-order valence-corrected chi connectivity index (χ1v) is 10.5. The zero-order valence-electron chi connectivity index (χ0n) is 13.8. The number of benzene rings is 2. The number of hydrogen-bond acceptors (Lipinski definition) is 5. The summed E-state index contributed by atoms with van der Waals surface area (Å²) in [5, 5.41) is 7.89. The number of hydrogen-bond donors (Lipinski definition) is 1. The number of nitrogens with zero attached hydrogens (tertiary/aromatic N) is 2. The Labute approximate surface area is 178 Å². The van der Waals surface area contributed by atoms with Crippen LogP contribution in [0.25, 0.3) is 5.69 Å². The summed E-state index contributed by atoms with van der Waals surface area (Å²) in [5.41, 5.74) is 1.88. The lowest BCUT2D eigenvalue weighted by Gasteiger charge is -2.10. The molecule has 0 aliphatic carbocycles. The van der Waals surface area contributed by atoms with Crippen molar-refractivity contribution in [3.8, 4) is 5.69 Å². The Morgan fingerprint density at radius 2 is 2.00 bits per heavy atom. The van der Waals surface area contributed by atoms with Gasteiger partial charge in [-0.05, 0) is 55.0 Å². The summed E-state index contributed by atoms with van der Waals surface area (Å²) in [4.78, 5) is 12.3. The summed E-state index contributed by atoms with van der Waals surface area (Å²) in [7, 11) is 0. The molecule has 3 aromatic rings. The highest BCUT2D eigenvalue weighted by Crippen LogP contribution is 2.33. The van der Waals surface area contributed by atoms with Gasteiger partial charge in [0, 0.05) is 0 Å². The van der Waals surface area contributed by atoms with Gasteiger partial charge in [-0.25, -0.2) is 9.07 Å². The summed E-state index contributed by atoms with van der Waals surface area (Å²) in [6.07, 6.45) is 0. The first-order chi connectivity index (χ1) is 12.8. The van der Waals surface area contributed by atoms with Gasteiger partial charge in [0.25, 0.3) is 0 Å². The van der Waals surface area contributed by atoms with E-state index in [0.717, 1.165) is 5.56 Å². The fourth-order valence-electron chi connectivity index (χ4n) is 2.14. The van der Waals surface area contributed by atoms with Crippen LogP contribution in [-0.2, 0) is 4.79 Å². The average molecular weight is 460 g/mol. The summed E-state index contributed by atoms with van der Waals surface area (Å²) < 4.78 is 15.7. The fourth-order valence-corrected chi connectivity index (χ4v) is 4.77. The van der Waals surface area contributed by atoms with Gasteiger partial charge in [-0.15, -0.1) is 5.10 Å². The lowest BCUT2D eigenvalue weighted by molar-refractivity contribution is -0.113. The Kier molecular flexibility index (Phi) is 6.54. The van der Waals surface area contributed by atoms with Crippen molar-refractivity contribution in [1.29, 1.82) is 0 Å². The molecular weight excluding hydrogens is 448 g/mol. The smallest absolute Gasteiger partial charge is 0.234 e. The van der Waals surface area contributed by atoms with Crippen LogP contribution in [0, 0.1) is 16.7 Å². The monoisotopic (exact) mass is 459 g/mol. The second-order valence-corrected chi connectivity index (χ2v) is 9.04. The second-order valence-electron chi connectivity index (χ2n) is 5.41. The molecule has 1 N–H and O–H groups in total. The molecule has 0 saturated heterocycles. The molecule has 0 bridgehead atoms. The third-order valence-electron chi connectivity index (χ3n) is 3.48. The van der Waals surface area contributed by atoms with Crippen molar-refractivity contribution in [1.82, 2.24) is 9.78 Å². The van der Waals surface area contributed by atoms with Crippen molar-refractivity contribution in [3.63, 3.8) is 0 Å². The Morgan fingerprint density at radius 3 is 2.70 bits per heavy atom. The molecule has 0 atom stereocenters. The Morgan fingerprint density at radius 1 is 1.30 bits per heavy atom. The van der Waals surface area contributed by atoms with Gasteiger partial charge in [0.1, 0.15) is 5.82 Å². The molecule has 27 heavy (non-hydrogen) atoms. The van der Waals surface area contributed by atoms with Gasteiger partial charge < -0.3 is 5.32 Å². The number of aromatic nitrogens is 2. The number of amides is 1. The first-order valence-electron chi connectivity index (χ1n) is 7.58. The predicted molar refractivity (Wildman–Crippen MR) is 113 cm³/mol. The van der Waals surface area contributed by atoms with E-state index in [2.05, 4.69) is 10.4 Å². The molecule has 0 aliphatic rings. The maximum absolute atomic E-state index is 13.1. The van der Waals surface area contributed by atoms with Crippen LogP contribution in [0.1, 0.15) is 5.56 Å². The van der Waals surface area contributed by atoms with Crippen molar-refractivity contribution in [2.24, 2.45) is 0 Å². The minimum absolute atomic E-state index is 0.117. The SMILES string of the molecule is Cc1ccc(Cl)c(NC(=O)CSc2nn(-c3ccc(F)cc3)c(=S)s2)c1Cl. The Balaban J connectivity index is 1.68. The maximum Gasteiger partial charge on any atom is 0.234 e. The van der Waals surface area contributed by atoms with Crippen molar-refractivity contribution < 1.29 is 9.18 Å². The van der Waals surface area contributed by atoms with Crippen LogP contribution in [0.5, 0.6) is 0 Å². The summed E-state index contributed by atoms with van der Waals surface area (Å²) >= 11 is 20.1. The van der Waals surface area contributed by atoms with Gasteiger partial charge in [-0.3, -0.25) is 4.79 Å². The third kappa shape index (κ3) is 4.89. The average Bonchev–Trinajstić information content (AvgIpc) is 3.02. The van der Waals surface area contributed by atoms with E-state index in [1.807, 2.05) is 6.92 Å². The van der Waals surface area contributed by atoms with Crippen molar-refractivity contribution in [2.45, 2.75) is 11.3 Å². The lowest BCUT2D eigenvalue weighted by atomic mass is 10.2. The van der Waals surface area contributed by atoms with E-state index in [1.165, 1.54) is 39.9 Å². The highest BCUT2D eigenvalue weighted by atomic mass is 35.5. The van der Waals surface area contributed by atoms with E-state index in [-0.39, 0.29) is 17.5 Å². The number of halogens is 3. The van der Waals surface area contributed by atoms with Crippen molar-refractivity contribution >= 4 is 70.1 Å². The van der Waals surface area contributed by atoms with E-state index < -0.39 is 0 Å². The van der Waals surface area contributed by atoms with Crippen molar-refractivity contribution in [3.05, 3.63) is 61.8 Å². The van der Waals surface area contributed by atoms with E-state index in [9.17, 15) is 9.18 Å². The fraction of sp³-hybridized carbons (Fsp3) is 0.118. The number of aryl methyl sites for hydroxylation is 1. The molecule has 0 unspecified atom stereocenters. The molecule has 0 saturated carbocycles. The van der Waals surface area contributed by atoms with Crippen LogP contribution in [-0.4, -0.2) is 21.4 Å². The molecule has 1 amide bonds. The molecule has 140 valence electrons. The van der Waals surface area contributed by atoms with Crippen LogP contribution in [0.4, 0.5) is 10.1 Å². The van der Waals surface area contributed by atoms with Gasteiger partial charge in [-0.2, -0.15) is 0 Å². The zero-order chi connectivity index (χ0) is 19.6. The molecular formula is C17H12Cl2FN3OS3. The largest absolute Gasteiger partial charge is 0.323 e. The normalized spacial score (nSPS) is 10.8. The topological polar surface area (TPSA) is 46.9 Å². The van der Waals surface area contributed by atoms with E-state index in [0.29, 0.717) is 29.7 Å².